The van der Waals surface area contributed by atoms with Crippen LogP contribution in [-0.2, 0) is 11.3 Å². The van der Waals surface area contributed by atoms with Crippen molar-refractivity contribution in [2.24, 2.45) is 0 Å². The van der Waals surface area contributed by atoms with Crippen LogP contribution in [0.1, 0.15) is 58.4 Å². The SMILES string of the molecule is O=C(NCc1cccc(C(=O)N2CCCCC2)c1)c1ccc(Cl)cc1N1CCCC1=O. The zero-order chi connectivity index (χ0) is 21.8. The first-order valence-corrected chi connectivity index (χ1v) is 11.2. The number of likely N-dealkylation sites (tertiary alicyclic amines) is 1. The van der Waals surface area contributed by atoms with Gasteiger partial charge in [0.25, 0.3) is 11.8 Å². The number of hydrogen-bond acceptors (Lipinski definition) is 3. The summed E-state index contributed by atoms with van der Waals surface area (Å²) in [6.07, 6.45) is 4.51. The number of benzene rings is 2. The lowest BCUT2D eigenvalue weighted by Gasteiger charge is -2.26. The van der Waals surface area contributed by atoms with Crippen molar-refractivity contribution in [1.82, 2.24) is 10.2 Å². The lowest BCUT2D eigenvalue weighted by molar-refractivity contribution is -0.117. The fourth-order valence-electron chi connectivity index (χ4n) is 4.19. The number of amides is 3. The summed E-state index contributed by atoms with van der Waals surface area (Å²) in [4.78, 5) is 41.4. The lowest BCUT2D eigenvalue weighted by atomic mass is 10.1. The minimum atomic E-state index is -0.279. The minimum absolute atomic E-state index is 0.000225. The van der Waals surface area contributed by atoms with Crippen molar-refractivity contribution in [3.05, 3.63) is 64.2 Å². The van der Waals surface area contributed by atoms with Crippen molar-refractivity contribution in [3.63, 3.8) is 0 Å². The molecule has 7 heteroatoms. The predicted octanol–water partition coefficient (Wildman–Crippen LogP) is 4.02. The Kier molecular flexibility index (Phi) is 6.56. The first-order chi connectivity index (χ1) is 15.0. The maximum absolute atomic E-state index is 12.9. The molecule has 2 saturated heterocycles. The molecule has 0 saturated carbocycles. The van der Waals surface area contributed by atoms with Crippen LogP contribution in [0.4, 0.5) is 5.69 Å². The maximum atomic E-state index is 12.9. The van der Waals surface area contributed by atoms with E-state index in [-0.39, 0.29) is 24.3 Å². The summed E-state index contributed by atoms with van der Waals surface area (Å²) in [6, 6.07) is 12.3. The second-order valence-corrected chi connectivity index (χ2v) is 8.48. The minimum Gasteiger partial charge on any atom is -0.348 e. The van der Waals surface area contributed by atoms with Gasteiger partial charge in [-0.15, -0.1) is 0 Å². The van der Waals surface area contributed by atoms with E-state index in [1.165, 1.54) is 6.42 Å². The molecule has 0 radical (unpaired) electrons. The molecule has 0 unspecified atom stereocenters. The van der Waals surface area contributed by atoms with Gasteiger partial charge in [0.2, 0.25) is 5.91 Å². The van der Waals surface area contributed by atoms with Gasteiger partial charge < -0.3 is 15.1 Å². The van der Waals surface area contributed by atoms with Gasteiger partial charge in [-0.2, -0.15) is 0 Å². The molecule has 3 amide bonds. The number of anilines is 1. The Hall–Kier alpha value is -2.86. The fourth-order valence-corrected chi connectivity index (χ4v) is 4.36. The van der Waals surface area contributed by atoms with Crippen molar-refractivity contribution >= 4 is 35.0 Å². The molecule has 162 valence electrons. The third-order valence-electron chi connectivity index (χ3n) is 5.84. The number of nitrogens with one attached hydrogen (secondary N) is 1. The lowest BCUT2D eigenvalue weighted by Crippen LogP contribution is -2.35. The van der Waals surface area contributed by atoms with Crippen LogP contribution in [0.5, 0.6) is 0 Å². The molecule has 2 aliphatic rings. The highest BCUT2D eigenvalue weighted by Crippen LogP contribution is 2.28. The van der Waals surface area contributed by atoms with Gasteiger partial charge in [-0.25, -0.2) is 0 Å². The van der Waals surface area contributed by atoms with Crippen LogP contribution < -0.4 is 10.2 Å². The van der Waals surface area contributed by atoms with Crippen LogP contribution in [0.25, 0.3) is 0 Å². The van der Waals surface area contributed by atoms with Gasteiger partial charge in [0.05, 0.1) is 11.3 Å². The van der Waals surface area contributed by atoms with Gasteiger partial charge >= 0.3 is 0 Å². The van der Waals surface area contributed by atoms with Gasteiger partial charge in [0.15, 0.2) is 0 Å². The maximum Gasteiger partial charge on any atom is 0.253 e. The van der Waals surface area contributed by atoms with E-state index in [9.17, 15) is 14.4 Å². The first kappa shape index (κ1) is 21.4. The molecule has 0 aliphatic carbocycles. The standard InChI is InChI=1S/C24H26ClN3O3/c25-19-9-10-20(21(15-19)28-13-5-8-22(28)29)23(30)26-16-17-6-4-7-18(14-17)24(31)27-11-2-1-3-12-27/h4,6-7,9-10,14-15H,1-3,5,8,11-13,16H2,(H,26,30). The van der Waals surface area contributed by atoms with E-state index in [0.29, 0.717) is 34.8 Å². The highest BCUT2D eigenvalue weighted by molar-refractivity contribution is 6.31. The van der Waals surface area contributed by atoms with Crippen LogP contribution in [0.15, 0.2) is 42.5 Å². The van der Waals surface area contributed by atoms with Gasteiger partial charge in [-0.1, -0.05) is 23.7 Å². The molecule has 2 aliphatic heterocycles. The van der Waals surface area contributed by atoms with Gasteiger partial charge in [0, 0.05) is 43.2 Å². The summed E-state index contributed by atoms with van der Waals surface area (Å²) in [5.41, 5.74) is 2.45. The largest absolute Gasteiger partial charge is 0.348 e. The van der Waals surface area contributed by atoms with E-state index in [1.54, 1.807) is 23.1 Å². The average molecular weight is 440 g/mol. The van der Waals surface area contributed by atoms with E-state index in [0.717, 1.165) is 37.9 Å². The Morgan fingerprint density at radius 3 is 2.52 bits per heavy atom. The number of hydrogen-bond donors (Lipinski definition) is 1. The van der Waals surface area contributed by atoms with Crippen LogP contribution >= 0.6 is 11.6 Å². The molecular formula is C24H26ClN3O3. The molecule has 2 fully saturated rings. The molecule has 0 aromatic heterocycles. The summed E-state index contributed by atoms with van der Waals surface area (Å²) in [5.74, 6) is -0.236. The Morgan fingerprint density at radius 1 is 0.968 bits per heavy atom. The molecule has 2 aromatic carbocycles. The molecule has 6 nitrogen and oxygen atoms in total. The molecule has 1 N–H and O–H groups in total. The summed E-state index contributed by atoms with van der Waals surface area (Å²) in [5, 5.41) is 3.40. The molecule has 2 heterocycles. The normalized spacial score (nSPS) is 16.5. The van der Waals surface area contributed by atoms with Crippen LogP contribution in [0, 0.1) is 0 Å². The topological polar surface area (TPSA) is 69.7 Å². The molecular weight excluding hydrogens is 414 g/mol. The van der Waals surface area contributed by atoms with Crippen molar-refractivity contribution in [2.45, 2.75) is 38.6 Å². The Balaban J connectivity index is 1.46. The number of carbonyl (C=O) groups is 3. The zero-order valence-corrected chi connectivity index (χ0v) is 18.2. The predicted molar refractivity (Wildman–Crippen MR) is 120 cm³/mol. The molecule has 0 spiro atoms. The van der Waals surface area contributed by atoms with Crippen molar-refractivity contribution < 1.29 is 14.4 Å². The molecule has 31 heavy (non-hydrogen) atoms. The first-order valence-electron chi connectivity index (χ1n) is 10.8. The summed E-state index contributed by atoms with van der Waals surface area (Å²) in [6.45, 7) is 2.47. The van der Waals surface area contributed by atoms with Gasteiger partial charge in [-0.05, 0) is 61.6 Å². The molecule has 4 rings (SSSR count). The quantitative estimate of drug-likeness (QED) is 0.764. The van der Waals surface area contributed by atoms with E-state index in [1.807, 2.05) is 29.2 Å². The fraction of sp³-hybridized carbons (Fsp3) is 0.375. The van der Waals surface area contributed by atoms with Crippen LogP contribution in [0.3, 0.4) is 0 Å². The second kappa shape index (κ2) is 9.52. The zero-order valence-electron chi connectivity index (χ0n) is 17.4. The van der Waals surface area contributed by atoms with Gasteiger partial charge in [0.1, 0.15) is 0 Å². The van der Waals surface area contributed by atoms with E-state index in [2.05, 4.69) is 5.32 Å². The Morgan fingerprint density at radius 2 is 1.77 bits per heavy atom. The second-order valence-electron chi connectivity index (χ2n) is 8.05. The number of piperidine rings is 1. The molecule has 2 aromatic rings. The number of nitrogens with zero attached hydrogens (tertiary/aromatic N) is 2. The average Bonchev–Trinajstić information content (AvgIpc) is 3.23. The Labute approximate surface area is 187 Å². The van der Waals surface area contributed by atoms with Crippen molar-refractivity contribution in [3.8, 4) is 0 Å². The molecule has 0 atom stereocenters. The third kappa shape index (κ3) is 4.90. The van der Waals surface area contributed by atoms with Crippen LogP contribution in [0.2, 0.25) is 5.02 Å². The van der Waals surface area contributed by atoms with E-state index in [4.69, 9.17) is 11.6 Å². The summed E-state index contributed by atoms with van der Waals surface area (Å²) >= 11 is 6.13. The van der Waals surface area contributed by atoms with Crippen molar-refractivity contribution in [1.29, 1.82) is 0 Å². The summed E-state index contributed by atoms with van der Waals surface area (Å²) < 4.78 is 0. The molecule has 0 bridgehead atoms. The summed E-state index contributed by atoms with van der Waals surface area (Å²) in [7, 11) is 0. The van der Waals surface area contributed by atoms with E-state index >= 15 is 0 Å². The third-order valence-corrected chi connectivity index (χ3v) is 6.07. The highest BCUT2D eigenvalue weighted by atomic mass is 35.5. The van der Waals surface area contributed by atoms with E-state index < -0.39 is 0 Å². The Bertz CT molecular complexity index is 1000. The monoisotopic (exact) mass is 439 g/mol. The van der Waals surface area contributed by atoms with Gasteiger partial charge in [-0.3, -0.25) is 14.4 Å². The number of rotatable bonds is 5. The smallest absolute Gasteiger partial charge is 0.253 e. The van der Waals surface area contributed by atoms with Crippen LogP contribution in [-0.4, -0.2) is 42.3 Å². The van der Waals surface area contributed by atoms with Crippen molar-refractivity contribution in [2.75, 3.05) is 24.5 Å². The number of carbonyl (C=O) groups excluding carboxylic acids is 3. The number of halogens is 1. The highest BCUT2D eigenvalue weighted by Gasteiger charge is 2.26.